The summed E-state index contributed by atoms with van der Waals surface area (Å²) in [5.41, 5.74) is -0.781. The smallest absolute Gasteiger partial charge is 0.258 e. The van der Waals surface area contributed by atoms with Gasteiger partial charge in [0.2, 0.25) is 0 Å². The highest BCUT2D eigenvalue weighted by Gasteiger charge is 2.15. The van der Waals surface area contributed by atoms with Gasteiger partial charge in [-0.15, -0.1) is 0 Å². The fourth-order valence-electron chi connectivity index (χ4n) is 0.776. The van der Waals surface area contributed by atoms with Crippen molar-refractivity contribution in [1.29, 1.82) is 0 Å². The van der Waals surface area contributed by atoms with Crippen molar-refractivity contribution in [3.05, 3.63) is 33.9 Å². The molecule has 1 aromatic carbocycles. The molecule has 1 aromatic rings. The summed E-state index contributed by atoms with van der Waals surface area (Å²) in [6, 6.07) is 1.37. The van der Waals surface area contributed by atoms with Gasteiger partial charge in [-0.05, 0) is 6.07 Å². The van der Waals surface area contributed by atoms with Crippen molar-refractivity contribution in [2.45, 2.75) is 0 Å². The summed E-state index contributed by atoms with van der Waals surface area (Å²) in [5, 5.41) is 10.1. The molecule has 0 unspecified atom stereocenters. The van der Waals surface area contributed by atoms with Gasteiger partial charge in [0, 0.05) is 0 Å². The second-order valence-corrected chi connectivity index (χ2v) is 2.31. The average molecular weight is 171 g/mol. The van der Waals surface area contributed by atoms with Crippen molar-refractivity contribution in [2.75, 3.05) is 0 Å². The molecule has 3 nitrogen and oxygen atoms in total. The molecule has 0 N–H and O–H groups in total. The number of nitro benzene ring substituents is 1. The molecular formula is C6H4BF2NO2. The summed E-state index contributed by atoms with van der Waals surface area (Å²) in [6.07, 6.45) is 0. The zero-order chi connectivity index (χ0) is 9.30. The highest BCUT2D eigenvalue weighted by molar-refractivity contribution is 6.32. The first-order chi connectivity index (χ1) is 5.52. The number of nitro groups is 1. The zero-order valence-corrected chi connectivity index (χ0v) is 6.17. The molecule has 0 aliphatic heterocycles. The zero-order valence-electron chi connectivity index (χ0n) is 6.17. The molecule has 12 heavy (non-hydrogen) atoms. The van der Waals surface area contributed by atoms with E-state index in [-0.39, 0.29) is 5.46 Å². The monoisotopic (exact) mass is 171 g/mol. The summed E-state index contributed by atoms with van der Waals surface area (Å²) >= 11 is 0. The normalized spacial score (nSPS) is 9.83. The van der Waals surface area contributed by atoms with Crippen molar-refractivity contribution >= 4 is 19.0 Å². The quantitative estimate of drug-likeness (QED) is 0.342. The van der Waals surface area contributed by atoms with Gasteiger partial charge < -0.3 is 0 Å². The molecule has 0 spiro atoms. The third-order valence-electron chi connectivity index (χ3n) is 1.42. The van der Waals surface area contributed by atoms with Crippen LogP contribution in [0.1, 0.15) is 0 Å². The van der Waals surface area contributed by atoms with Crippen molar-refractivity contribution in [2.24, 2.45) is 0 Å². The first kappa shape index (κ1) is 8.64. The van der Waals surface area contributed by atoms with Gasteiger partial charge in [-0.1, -0.05) is 5.46 Å². The fourth-order valence-corrected chi connectivity index (χ4v) is 0.776. The molecule has 0 aromatic heterocycles. The average Bonchev–Trinajstić information content (AvgIpc) is 1.96. The van der Waals surface area contributed by atoms with Crippen LogP contribution in [0.4, 0.5) is 14.5 Å². The van der Waals surface area contributed by atoms with Crippen LogP contribution in [0, 0.1) is 21.7 Å². The van der Waals surface area contributed by atoms with Gasteiger partial charge in [0.1, 0.15) is 13.7 Å². The Hall–Kier alpha value is -1.46. The van der Waals surface area contributed by atoms with E-state index in [4.69, 9.17) is 0 Å². The second-order valence-electron chi connectivity index (χ2n) is 2.31. The molecule has 0 saturated heterocycles. The van der Waals surface area contributed by atoms with Gasteiger partial charge in [0.15, 0.2) is 5.82 Å². The van der Waals surface area contributed by atoms with E-state index in [0.29, 0.717) is 6.07 Å². The first-order valence-electron chi connectivity index (χ1n) is 3.12. The van der Waals surface area contributed by atoms with Crippen LogP contribution < -0.4 is 5.46 Å². The van der Waals surface area contributed by atoms with E-state index in [1.165, 1.54) is 7.85 Å². The maximum atomic E-state index is 12.7. The van der Waals surface area contributed by atoms with E-state index in [2.05, 4.69) is 0 Å². The largest absolute Gasteiger partial charge is 0.307 e. The van der Waals surface area contributed by atoms with Crippen molar-refractivity contribution in [3.8, 4) is 0 Å². The second kappa shape index (κ2) is 2.88. The van der Waals surface area contributed by atoms with Gasteiger partial charge in [0.05, 0.1) is 11.0 Å². The maximum Gasteiger partial charge on any atom is 0.307 e. The molecule has 1 rings (SSSR count). The molecule has 0 aliphatic carbocycles. The molecule has 0 aliphatic rings. The standard InChI is InChI=1S/C6H4BF2NO2/c7-3-1-5(9)6(10(11)12)2-4(3)8/h1-2H,7H2. The Morgan fingerprint density at radius 1 is 1.33 bits per heavy atom. The van der Waals surface area contributed by atoms with Crippen LogP contribution in [0.15, 0.2) is 12.1 Å². The Bertz CT molecular complexity index is 343. The lowest BCUT2D eigenvalue weighted by Gasteiger charge is -1.96. The molecule has 0 atom stereocenters. The summed E-state index contributed by atoms with van der Waals surface area (Å²) < 4.78 is 25.3. The molecular weight excluding hydrogens is 167 g/mol. The molecule has 0 heterocycles. The summed E-state index contributed by atoms with van der Waals surface area (Å²) in [5.74, 6) is -1.79. The summed E-state index contributed by atoms with van der Waals surface area (Å²) in [6.45, 7) is 0. The van der Waals surface area contributed by atoms with Crippen LogP contribution in [0.2, 0.25) is 0 Å². The van der Waals surface area contributed by atoms with Crippen LogP contribution in [0.3, 0.4) is 0 Å². The fraction of sp³-hybridized carbons (Fsp3) is 0. The lowest BCUT2D eigenvalue weighted by molar-refractivity contribution is -0.387. The lowest BCUT2D eigenvalue weighted by atomic mass is 9.95. The molecule has 0 radical (unpaired) electrons. The number of halogens is 2. The van der Waals surface area contributed by atoms with Crippen LogP contribution >= 0.6 is 0 Å². The van der Waals surface area contributed by atoms with Crippen LogP contribution in [0.5, 0.6) is 0 Å². The van der Waals surface area contributed by atoms with E-state index < -0.39 is 22.2 Å². The third-order valence-corrected chi connectivity index (χ3v) is 1.42. The molecule has 0 bridgehead atoms. The highest BCUT2D eigenvalue weighted by atomic mass is 19.1. The summed E-state index contributed by atoms with van der Waals surface area (Å²) in [7, 11) is 1.34. The van der Waals surface area contributed by atoms with Crippen molar-refractivity contribution < 1.29 is 13.7 Å². The van der Waals surface area contributed by atoms with Gasteiger partial charge in [-0.25, -0.2) is 4.39 Å². The third kappa shape index (κ3) is 1.41. The predicted molar refractivity (Wildman–Crippen MR) is 41.2 cm³/mol. The lowest BCUT2D eigenvalue weighted by Crippen LogP contribution is -2.10. The van der Waals surface area contributed by atoms with Crippen molar-refractivity contribution in [1.82, 2.24) is 0 Å². The Balaban J connectivity index is 3.33. The Labute approximate surface area is 67.6 Å². The molecule has 62 valence electrons. The Kier molecular flexibility index (Phi) is 2.08. The first-order valence-corrected chi connectivity index (χ1v) is 3.12. The van der Waals surface area contributed by atoms with Crippen molar-refractivity contribution in [3.63, 3.8) is 0 Å². The highest BCUT2D eigenvalue weighted by Crippen LogP contribution is 2.15. The maximum absolute atomic E-state index is 12.7. The van der Waals surface area contributed by atoms with E-state index >= 15 is 0 Å². The minimum Gasteiger partial charge on any atom is -0.258 e. The van der Waals surface area contributed by atoms with E-state index in [9.17, 15) is 18.9 Å². The molecule has 0 amide bonds. The minimum atomic E-state index is -1.01. The number of rotatable bonds is 1. The van der Waals surface area contributed by atoms with E-state index in [0.717, 1.165) is 6.07 Å². The minimum absolute atomic E-state index is 0.0538. The van der Waals surface area contributed by atoms with Crippen LogP contribution in [0.25, 0.3) is 0 Å². The Morgan fingerprint density at radius 3 is 2.42 bits per heavy atom. The Morgan fingerprint density at radius 2 is 1.92 bits per heavy atom. The van der Waals surface area contributed by atoms with Crippen LogP contribution in [-0.4, -0.2) is 12.8 Å². The number of hydrogen-bond donors (Lipinski definition) is 0. The number of nitrogens with zero attached hydrogens (tertiary/aromatic N) is 1. The van der Waals surface area contributed by atoms with Gasteiger partial charge in [-0.2, -0.15) is 4.39 Å². The molecule has 6 heteroatoms. The predicted octanol–water partition coefficient (Wildman–Crippen LogP) is 0.131. The number of hydrogen-bond acceptors (Lipinski definition) is 2. The van der Waals surface area contributed by atoms with Gasteiger partial charge >= 0.3 is 5.69 Å². The van der Waals surface area contributed by atoms with Gasteiger partial charge in [0.25, 0.3) is 0 Å². The van der Waals surface area contributed by atoms with Crippen LogP contribution in [-0.2, 0) is 0 Å². The van der Waals surface area contributed by atoms with Gasteiger partial charge in [-0.3, -0.25) is 10.1 Å². The molecule has 0 saturated carbocycles. The van der Waals surface area contributed by atoms with E-state index in [1.54, 1.807) is 0 Å². The number of benzene rings is 1. The molecule has 0 fully saturated rings. The SMILES string of the molecule is Bc1cc(F)c([N+](=O)[O-])cc1F. The summed E-state index contributed by atoms with van der Waals surface area (Å²) in [4.78, 5) is 9.12. The topological polar surface area (TPSA) is 43.1 Å². The van der Waals surface area contributed by atoms with E-state index in [1.807, 2.05) is 0 Å².